The lowest BCUT2D eigenvalue weighted by atomic mass is 9.96. The lowest BCUT2D eigenvalue weighted by Crippen LogP contribution is -2.39. The number of pyridine rings is 1. The van der Waals surface area contributed by atoms with Crippen LogP contribution in [-0.2, 0) is 5.41 Å². The number of halogens is 3. The van der Waals surface area contributed by atoms with Gasteiger partial charge in [0.15, 0.2) is 5.82 Å². The van der Waals surface area contributed by atoms with Crippen LogP contribution in [0.15, 0.2) is 18.3 Å². The van der Waals surface area contributed by atoms with Gasteiger partial charge in [0.2, 0.25) is 0 Å². The smallest absolute Gasteiger partial charge is 0.264 e. The zero-order valence-corrected chi connectivity index (χ0v) is 17.1. The highest BCUT2D eigenvalue weighted by atomic mass is 35.5. The molecule has 7 rings (SSSR count). The van der Waals surface area contributed by atoms with Crippen molar-refractivity contribution in [2.45, 2.75) is 50.0 Å². The summed E-state index contributed by atoms with van der Waals surface area (Å²) in [5, 5.41) is 5.18. The second-order valence-corrected chi connectivity index (χ2v) is 9.50. The van der Waals surface area contributed by atoms with E-state index in [9.17, 15) is 0 Å². The van der Waals surface area contributed by atoms with Gasteiger partial charge in [0.1, 0.15) is 11.0 Å². The second kappa shape index (κ2) is 5.97. The quantitative estimate of drug-likeness (QED) is 0.697. The van der Waals surface area contributed by atoms with Crippen LogP contribution >= 0.6 is 11.6 Å². The monoisotopic (exact) mass is 419 g/mol. The largest absolute Gasteiger partial charge is 0.303 e. The van der Waals surface area contributed by atoms with Crippen LogP contribution in [-0.4, -0.2) is 50.2 Å². The molecule has 0 amide bonds. The molecule has 154 valence electrons. The van der Waals surface area contributed by atoms with Gasteiger partial charge in [0.25, 0.3) is 5.92 Å². The Kier molecular flexibility index (Phi) is 3.75. The third-order valence-electron chi connectivity index (χ3n) is 8.02. The Morgan fingerprint density at radius 1 is 1.17 bits per heavy atom. The van der Waals surface area contributed by atoms with Gasteiger partial charge in [-0.3, -0.25) is 0 Å². The highest BCUT2D eigenvalue weighted by molar-refractivity contribution is 6.29. The van der Waals surface area contributed by atoms with Crippen molar-refractivity contribution in [1.29, 1.82) is 0 Å². The van der Waals surface area contributed by atoms with Crippen LogP contribution in [0.4, 0.5) is 8.78 Å². The Bertz CT molecular complexity index is 938. The minimum Gasteiger partial charge on any atom is -0.303 e. The average molecular weight is 420 g/mol. The summed E-state index contributed by atoms with van der Waals surface area (Å²) in [6.07, 6.45) is 4.74. The summed E-state index contributed by atoms with van der Waals surface area (Å²) in [6.45, 7) is 5.12. The van der Waals surface area contributed by atoms with Gasteiger partial charge >= 0.3 is 0 Å². The molecule has 2 unspecified atom stereocenters. The van der Waals surface area contributed by atoms with Crippen molar-refractivity contribution in [3.63, 3.8) is 0 Å². The van der Waals surface area contributed by atoms with Crippen LogP contribution in [0, 0.1) is 17.8 Å². The third kappa shape index (κ3) is 2.26. The Hall–Kier alpha value is -1.60. The van der Waals surface area contributed by atoms with Crippen LogP contribution < -0.4 is 0 Å². The molecule has 5 nitrogen and oxygen atoms in total. The van der Waals surface area contributed by atoms with Gasteiger partial charge < -0.3 is 4.90 Å². The van der Waals surface area contributed by atoms with Crippen molar-refractivity contribution in [3.05, 3.63) is 29.3 Å². The molecule has 0 radical (unpaired) electrons. The molecule has 8 heteroatoms. The second-order valence-electron chi connectivity index (χ2n) is 9.11. The maximum absolute atomic E-state index is 15.4. The van der Waals surface area contributed by atoms with Gasteiger partial charge in [-0.05, 0) is 56.2 Å². The van der Waals surface area contributed by atoms with E-state index in [1.165, 1.54) is 0 Å². The minimum atomic E-state index is -2.67. The van der Waals surface area contributed by atoms with Crippen LogP contribution in [0.25, 0.3) is 11.4 Å². The third-order valence-corrected chi connectivity index (χ3v) is 8.25. The SMILES string of the molecule is CCN1CCC(n2nc(-c3ccc(Cl)nc3)nc2C23C4CC(CC42)C3(F)F)CC1. The number of nitrogens with zero attached hydrogens (tertiary/aromatic N) is 5. The van der Waals surface area contributed by atoms with E-state index in [-0.39, 0.29) is 17.9 Å². The number of rotatable bonds is 4. The summed E-state index contributed by atoms with van der Waals surface area (Å²) in [5.41, 5.74) is -0.368. The zero-order valence-electron chi connectivity index (χ0n) is 16.4. The van der Waals surface area contributed by atoms with Gasteiger partial charge in [-0.15, -0.1) is 0 Å². The number of alkyl halides is 2. The van der Waals surface area contributed by atoms with Gasteiger partial charge in [-0.1, -0.05) is 18.5 Å². The lowest BCUT2D eigenvalue weighted by Gasteiger charge is -2.33. The van der Waals surface area contributed by atoms with Gasteiger partial charge in [0.05, 0.1) is 11.5 Å². The summed E-state index contributed by atoms with van der Waals surface area (Å²) in [6, 6.07) is 3.63. The molecule has 4 saturated carbocycles. The molecule has 0 N–H and O–H groups in total. The van der Waals surface area contributed by atoms with E-state index in [4.69, 9.17) is 21.7 Å². The lowest BCUT2D eigenvalue weighted by molar-refractivity contribution is -0.0550. The zero-order chi connectivity index (χ0) is 20.0. The number of aromatic nitrogens is 4. The summed E-state index contributed by atoms with van der Waals surface area (Å²) in [5.74, 6) is -2.01. The van der Waals surface area contributed by atoms with Crippen LogP contribution in [0.1, 0.15) is 44.5 Å². The standard InChI is InChI=1S/C21H24ClF2N5/c1-2-28-7-5-14(6-8-28)29-19(20-15-9-13(10-16(15)20)21(20,23)24)26-18(27-29)12-3-4-17(22)25-11-12/h3-4,11,13-16H,2,5-10H2,1H3. The number of piperidine rings is 1. The van der Waals surface area contributed by atoms with Crippen LogP contribution in [0.2, 0.25) is 5.15 Å². The molecule has 1 aliphatic heterocycles. The number of likely N-dealkylation sites (tertiary alicyclic amines) is 1. The van der Waals surface area contributed by atoms with Gasteiger partial charge in [-0.2, -0.15) is 5.10 Å². The molecule has 4 bridgehead atoms. The van der Waals surface area contributed by atoms with E-state index in [2.05, 4.69) is 16.8 Å². The number of hydrogen-bond acceptors (Lipinski definition) is 4. The maximum atomic E-state index is 15.4. The van der Waals surface area contributed by atoms with Crippen molar-refractivity contribution < 1.29 is 8.78 Å². The molecule has 29 heavy (non-hydrogen) atoms. The minimum absolute atomic E-state index is 0.0670. The summed E-state index contributed by atoms with van der Waals surface area (Å²) in [4.78, 5) is 11.3. The molecule has 5 aliphatic rings. The summed E-state index contributed by atoms with van der Waals surface area (Å²) < 4.78 is 32.6. The molecular weight excluding hydrogens is 396 g/mol. The van der Waals surface area contributed by atoms with E-state index in [0.717, 1.165) is 38.0 Å². The van der Waals surface area contributed by atoms with E-state index >= 15 is 8.78 Å². The average Bonchev–Trinajstić information content (AvgIpc) is 3.16. The predicted molar refractivity (Wildman–Crippen MR) is 105 cm³/mol. The molecule has 2 aromatic heterocycles. The van der Waals surface area contributed by atoms with Crippen LogP contribution in [0.5, 0.6) is 0 Å². The fraction of sp³-hybridized carbons (Fsp3) is 0.667. The first-order chi connectivity index (χ1) is 14.0. The molecule has 0 spiro atoms. The van der Waals surface area contributed by atoms with Crippen molar-refractivity contribution >= 4 is 11.6 Å². The normalized spacial score (nSPS) is 35.4. The van der Waals surface area contributed by atoms with Crippen molar-refractivity contribution in [3.8, 4) is 11.4 Å². The van der Waals surface area contributed by atoms with Crippen molar-refractivity contribution in [2.24, 2.45) is 17.8 Å². The first-order valence-electron chi connectivity index (χ1n) is 10.7. The highest BCUT2D eigenvalue weighted by Gasteiger charge is 2.90. The van der Waals surface area contributed by atoms with Gasteiger partial charge in [0, 0.05) is 30.8 Å². The molecule has 3 heterocycles. The van der Waals surface area contributed by atoms with E-state index in [1.54, 1.807) is 12.3 Å². The van der Waals surface area contributed by atoms with E-state index in [1.807, 2.05) is 10.7 Å². The number of hydrogen-bond donors (Lipinski definition) is 0. The Balaban J connectivity index is 1.44. The van der Waals surface area contributed by atoms with Crippen molar-refractivity contribution in [2.75, 3.05) is 19.6 Å². The van der Waals surface area contributed by atoms with Crippen LogP contribution in [0.3, 0.4) is 0 Å². The first kappa shape index (κ1) is 18.2. The van der Waals surface area contributed by atoms with E-state index in [0.29, 0.717) is 29.6 Å². The highest BCUT2D eigenvalue weighted by Crippen LogP contribution is 2.84. The Morgan fingerprint density at radius 3 is 2.45 bits per heavy atom. The Morgan fingerprint density at radius 2 is 1.90 bits per heavy atom. The van der Waals surface area contributed by atoms with Gasteiger partial charge in [-0.25, -0.2) is 23.4 Å². The summed E-state index contributed by atoms with van der Waals surface area (Å²) >= 11 is 5.92. The fourth-order valence-corrected chi connectivity index (χ4v) is 6.64. The topological polar surface area (TPSA) is 46.8 Å². The molecule has 2 aromatic rings. The predicted octanol–water partition coefficient (Wildman–Crippen LogP) is 4.19. The molecule has 5 fully saturated rings. The maximum Gasteiger partial charge on any atom is 0.264 e. The molecule has 2 atom stereocenters. The molecular formula is C21H24ClF2N5. The molecule has 4 aliphatic carbocycles. The molecule has 0 aromatic carbocycles. The summed E-state index contributed by atoms with van der Waals surface area (Å²) in [7, 11) is 0. The van der Waals surface area contributed by atoms with E-state index < -0.39 is 17.3 Å². The fourth-order valence-electron chi connectivity index (χ4n) is 6.53. The first-order valence-corrected chi connectivity index (χ1v) is 11.0. The van der Waals surface area contributed by atoms with Crippen molar-refractivity contribution in [1.82, 2.24) is 24.6 Å². The molecule has 1 saturated heterocycles. The Labute approximate surface area is 173 Å².